The highest BCUT2D eigenvalue weighted by atomic mass is 35.5. The van der Waals surface area contributed by atoms with Gasteiger partial charge < -0.3 is 4.74 Å². The molecule has 1 atom stereocenters. The Kier molecular flexibility index (Phi) is 5.83. The van der Waals surface area contributed by atoms with E-state index in [1.807, 2.05) is 0 Å². The van der Waals surface area contributed by atoms with E-state index in [9.17, 15) is 0 Å². The molecule has 0 amide bonds. The van der Waals surface area contributed by atoms with Gasteiger partial charge in [0.25, 0.3) is 0 Å². The highest BCUT2D eigenvalue weighted by Gasteiger charge is 2.25. The van der Waals surface area contributed by atoms with Crippen LogP contribution in [0, 0.1) is 0 Å². The lowest BCUT2D eigenvalue weighted by atomic mass is 10.1. The Morgan fingerprint density at radius 3 is 2.57 bits per heavy atom. The van der Waals surface area contributed by atoms with Crippen LogP contribution in [0.1, 0.15) is 32.6 Å². The lowest BCUT2D eigenvalue weighted by Crippen LogP contribution is -2.43. The highest BCUT2D eigenvalue weighted by molar-refractivity contribution is 6.18. The van der Waals surface area contributed by atoms with Crippen molar-refractivity contribution in [3.8, 4) is 0 Å². The Morgan fingerprint density at radius 1 is 1.43 bits per heavy atom. The average Bonchev–Trinajstić information content (AvgIpc) is 2.67. The SMILES string of the molecule is COCC(C)N(CCCl)C1CCCC1. The molecule has 14 heavy (non-hydrogen) atoms. The summed E-state index contributed by atoms with van der Waals surface area (Å²) in [5, 5.41) is 0. The van der Waals surface area contributed by atoms with Crippen molar-refractivity contribution in [2.75, 3.05) is 26.1 Å². The fourth-order valence-electron chi connectivity index (χ4n) is 2.43. The first-order valence-corrected chi connectivity index (χ1v) is 6.13. The number of hydrogen-bond acceptors (Lipinski definition) is 2. The second-order valence-electron chi connectivity index (χ2n) is 4.17. The molecule has 1 unspecified atom stereocenters. The van der Waals surface area contributed by atoms with E-state index in [1.54, 1.807) is 7.11 Å². The van der Waals surface area contributed by atoms with Crippen molar-refractivity contribution in [1.29, 1.82) is 0 Å². The second kappa shape index (κ2) is 6.65. The molecule has 0 saturated heterocycles. The van der Waals surface area contributed by atoms with Crippen LogP contribution in [0.25, 0.3) is 0 Å². The number of rotatable bonds is 6. The van der Waals surface area contributed by atoms with Crippen LogP contribution in [0.3, 0.4) is 0 Å². The van der Waals surface area contributed by atoms with Crippen molar-refractivity contribution in [2.45, 2.75) is 44.7 Å². The summed E-state index contributed by atoms with van der Waals surface area (Å²) in [7, 11) is 1.77. The highest BCUT2D eigenvalue weighted by Crippen LogP contribution is 2.25. The molecule has 1 saturated carbocycles. The van der Waals surface area contributed by atoms with Gasteiger partial charge in [-0.2, -0.15) is 0 Å². The molecule has 0 heterocycles. The van der Waals surface area contributed by atoms with E-state index in [0.29, 0.717) is 6.04 Å². The number of halogens is 1. The Labute approximate surface area is 92.6 Å². The minimum absolute atomic E-state index is 0.502. The molecule has 0 aromatic heterocycles. The lowest BCUT2D eigenvalue weighted by molar-refractivity contribution is 0.0755. The molecule has 1 aliphatic rings. The molecule has 3 heteroatoms. The Bertz CT molecular complexity index is 148. The summed E-state index contributed by atoms with van der Waals surface area (Å²) in [4.78, 5) is 2.52. The molecular formula is C11H22ClNO. The number of ether oxygens (including phenoxy) is 1. The molecule has 0 radical (unpaired) electrons. The first-order valence-electron chi connectivity index (χ1n) is 5.60. The molecular weight excluding hydrogens is 198 g/mol. The standard InChI is InChI=1S/C11H22ClNO/c1-10(9-14-2)13(8-7-12)11-5-3-4-6-11/h10-11H,3-9H2,1-2H3. The van der Waals surface area contributed by atoms with Crippen LogP contribution in [-0.4, -0.2) is 43.1 Å². The molecule has 0 spiro atoms. The van der Waals surface area contributed by atoms with Gasteiger partial charge in [0.05, 0.1) is 6.61 Å². The Morgan fingerprint density at radius 2 is 2.07 bits per heavy atom. The van der Waals surface area contributed by atoms with E-state index in [0.717, 1.165) is 25.1 Å². The summed E-state index contributed by atoms with van der Waals surface area (Å²) >= 11 is 5.84. The zero-order valence-electron chi connectivity index (χ0n) is 9.34. The zero-order chi connectivity index (χ0) is 10.4. The third-order valence-electron chi connectivity index (χ3n) is 3.11. The number of methoxy groups -OCH3 is 1. The molecule has 0 N–H and O–H groups in total. The molecule has 0 aromatic rings. The van der Waals surface area contributed by atoms with Gasteiger partial charge in [0.1, 0.15) is 0 Å². The maximum Gasteiger partial charge on any atom is 0.0615 e. The normalized spacial score (nSPS) is 20.6. The van der Waals surface area contributed by atoms with E-state index in [2.05, 4.69) is 11.8 Å². The summed E-state index contributed by atoms with van der Waals surface area (Å²) in [5.74, 6) is 0.727. The average molecular weight is 220 g/mol. The van der Waals surface area contributed by atoms with Gasteiger partial charge in [-0.25, -0.2) is 0 Å². The third kappa shape index (κ3) is 3.41. The van der Waals surface area contributed by atoms with Crippen molar-refractivity contribution >= 4 is 11.6 Å². The summed E-state index contributed by atoms with van der Waals surface area (Å²) in [6.45, 7) is 4.04. The maximum absolute atomic E-state index is 5.84. The first-order chi connectivity index (χ1) is 6.79. The van der Waals surface area contributed by atoms with Crippen LogP contribution in [0.4, 0.5) is 0 Å². The predicted molar refractivity (Wildman–Crippen MR) is 61.0 cm³/mol. The van der Waals surface area contributed by atoms with Gasteiger partial charge in [0.2, 0.25) is 0 Å². The summed E-state index contributed by atoms with van der Waals surface area (Å²) in [5.41, 5.74) is 0. The lowest BCUT2D eigenvalue weighted by Gasteiger charge is -2.33. The van der Waals surface area contributed by atoms with Gasteiger partial charge in [-0.05, 0) is 19.8 Å². The van der Waals surface area contributed by atoms with E-state index in [1.165, 1.54) is 25.7 Å². The minimum Gasteiger partial charge on any atom is -0.383 e. The summed E-state index contributed by atoms with van der Waals surface area (Å²) in [6, 6.07) is 1.25. The van der Waals surface area contributed by atoms with Crippen molar-refractivity contribution in [1.82, 2.24) is 4.90 Å². The molecule has 84 valence electrons. The Balaban J connectivity index is 2.43. The van der Waals surface area contributed by atoms with E-state index < -0.39 is 0 Å². The maximum atomic E-state index is 5.84. The molecule has 1 aliphatic carbocycles. The first kappa shape index (κ1) is 12.3. The van der Waals surface area contributed by atoms with E-state index in [-0.39, 0.29) is 0 Å². The van der Waals surface area contributed by atoms with Crippen molar-refractivity contribution in [3.63, 3.8) is 0 Å². The van der Waals surface area contributed by atoms with Gasteiger partial charge in [-0.1, -0.05) is 12.8 Å². The predicted octanol–water partition coefficient (Wildman–Crippen LogP) is 2.50. The Hall–Kier alpha value is 0.210. The van der Waals surface area contributed by atoms with Crippen LogP contribution >= 0.6 is 11.6 Å². The third-order valence-corrected chi connectivity index (χ3v) is 3.28. The van der Waals surface area contributed by atoms with Crippen LogP contribution in [0.2, 0.25) is 0 Å². The smallest absolute Gasteiger partial charge is 0.0615 e. The zero-order valence-corrected chi connectivity index (χ0v) is 10.1. The number of alkyl halides is 1. The largest absolute Gasteiger partial charge is 0.383 e. The van der Waals surface area contributed by atoms with Crippen LogP contribution in [-0.2, 0) is 4.74 Å². The van der Waals surface area contributed by atoms with Crippen LogP contribution in [0.15, 0.2) is 0 Å². The number of hydrogen-bond donors (Lipinski definition) is 0. The number of nitrogens with zero attached hydrogens (tertiary/aromatic N) is 1. The van der Waals surface area contributed by atoms with Crippen molar-refractivity contribution < 1.29 is 4.74 Å². The second-order valence-corrected chi connectivity index (χ2v) is 4.55. The van der Waals surface area contributed by atoms with Gasteiger partial charge in [0, 0.05) is 31.6 Å². The summed E-state index contributed by atoms with van der Waals surface area (Å²) < 4.78 is 5.21. The van der Waals surface area contributed by atoms with Crippen LogP contribution in [0.5, 0.6) is 0 Å². The summed E-state index contributed by atoms with van der Waals surface area (Å²) in [6.07, 6.45) is 5.43. The van der Waals surface area contributed by atoms with Gasteiger partial charge in [0.15, 0.2) is 0 Å². The van der Waals surface area contributed by atoms with E-state index in [4.69, 9.17) is 16.3 Å². The van der Waals surface area contributed by atoms with E-state index >= 15 is 0 Å². The topological polar surface area (TPSA) is 12.5 Å². The molecule has 0 aliphatic heterocycles. The van der Waals surface area contributed by atoms with Crippen LogP contribution < -0.4 is 0 Å². The molecule has 0 aromatic carbocycles. The fraction of sp³-hybridized carbons (Fsp3) is 1.00. The van der Waals surface area contributed by atoms with Gasteiger partial charge in [-0.3, -0.25) is 4.90 Å². The van der Waals surface area contributed by atoms with Gasteiger partial charge in [-0.15, -0.1) is 11.6 Å². The van der Waals surface area contributed by atoms with Gasteiger partial charge >= 0.3 is 0 Å². The minimum atomic E-state index is 0.502. The monoisotopic (exact) mass is 219 g/mol. The molecule has 1 fully saturated rings. The van der Waals surface area contributed by atoms with Crippen molar-refractivity contribution in [3.05, 3.63) is 0 Å². The van der Waals surface area contributed by atoms with Crippen molar-refractivity contribution in [2.24, 2.45) is 0 Å². The quantitative estimate of drug-likeness (QED) is 0.637. The molecule has 2 nitrogen and oxygen atoms in total. The molecule has 0 bridgehead atoms. The fourth-order valence-corrected chi connectivity index (χ4v) is 2.63. The molecule has 1 rings (SSSR count).